The molecule has 0 spiro atoms. The normalized spacial score (nSPS) is 17.1. The molecular formula is C27H28N2O3S. The molecule has 33 heavy (non-hydrogen) atoms. The van der Waals surface area contributed by atoms with Crippen LogP contribution in [-0.4, -0.2) is 42.0 Å². The van der Waals surface area contributed by atoms with Crippen molar-refractivity contribution < 1.29 is 13.5 Å². The van der Waals surface area contributed by atoms with E-state index in [9.17, 15) is 13.5 Å². The number of phenolic OH excluding ortho intramolecular Hbond substituents is 1. The Morgan fingerprint density at radius 3 is 2.33 bits per heavy atom. The first-order chi connectivity index (χ1) is 15.9. The fourth-order valence-electron chi connectivity index (χ4n) is 5.01. The van der Waals surface area contributed by atoms with Crippen LogP contribution in [0.25, 0.3) is 10.9 Å². The second-order valence-corrected chi connectivity index (χ2v) is 10.6. The third-order valence-corrected chi connectivity index (χ3v) is 8.49. The van der Waals surface area contributed by atoms with Gasteiger partial charge in [-0.25, -0.2) is 12.4 Å². The summed E-state index contributed by atoms with van der Waals surface area (Å²) in [6.45, 7) is 1.05. The topological polar surface area (TPSA) is 62.5 Å². The second kappa shape index (κ2) is 8.69. The molecule has 1 saturated heterocycles. The van der Waals surface area contributed by atoms with Crippen molar-refractivity contribution in [1.82, 2.24) is 8.87 Å². The molecule has 0 amide bonds. The molecule has 1 aliphatic heterocycles. The molecule has 0 aliphatic carbocycles. The van der Waals surface area contributed by atoms with E-state index in [-0.39, 0.29) is 10.6 Å². The molecule has 2 heterocycles. The van der Waals surface area contributed by atoms with E-state index in [1.807, 2.05) is 36.4 Å². The van der Waals surface area contributed by atoms with Gasteiger partial charge in [0.2, 0.25) is 0 Å². The van der Waals surface area contributed by atoms with Crippen LogP contribution in [0, 0.1) is 0 Å². The van der Waals surface area contributed by atoms with Crippen molar-refractivity contribution in [3.05, 3.63) is 95.7 Å². The van der Waals surface area contributed by atoms with Gasteiger partial charge in [0.25, 0.3) is 10.0 Å². The van der Waals surface area contributed by atoms with Crippen molar-refractivity contribution in [2.24, 2.45) is 0 Å². The van der Waals surface area contributed by atoms with Crippen LogP contribution in [0.5, 0.6) is 5.75 Å². The summed E-state index contributed by atoms with van der Waals surface area (Å²) in [6.07, 6.45) is 3.46. The lowest BCUT2D eigenvalue weighted by Crippen LogP contribution is -2.27. The average Bonchev–Trinajstić information content (AvgIpc) is 3.36. The quantitative estimate of drug-likeness (QED) is 0.449. The molecule has 1 N–H and O–H groups in total. The third-order valence-electron chi connectivity index (χ3n) is 6.72. The number of likely N-dealkylation sites (tertiary alicyclic amines) is 1. The number of hydrogen-bond acceptors (Lipinski definition) is 4. The van der Waals surface area contributed by atoms with Crippen LogP contribution in [0.1, 0.15) is 29.7 Å². The molecule has 6 heteroatoms. The number of benzene rings is 3. The highest BCUT2D eigenvalue weighted by atomic mass is 32.2. The molecule has 170 valence electrons. The fraction of sp³-hybridized carbons (Fsp3) is 0.259. The molecule has 1 fully saturated rings. The Kier molecular flexibility index (Phi) is 5.72. The summed E-state index contributed by atoms with van der Waals surface area (Å²) in [5.74, 6) is 0.143. The van der Waals surface area contributed by atoms with E-state index in [0.717, 1.165) is 48.0 Å². The minimum absolute atomic E-state index is 0.143. The number of aromatic hydroxyl groups is 1. The van der Waals surface area contributed by atoms with E-state index in [2.05, 4.69) is 11.9 Å². The van der Waals surface area contributed by atoms with Gasteiger partial charge < -0.3 is 10.0 Å². The number of fused-ring (bicyclic) bond motifs is 1. The number of phenols is 1. The Labute approximate surface area is 195 Å². The zero-order valence-electron chi connectivity index (χ0n) is 18.7. The van der Waals surface area contributed by atoms with Crippen molar-refractivity contribution in [3.8, 4) is 5.75 Å². The van der Waals surface area contributed by atoms with Crippen LogP contribution in [0.2, 0.25) is 0 Å². The molecule has 1 aromatic heterocycles. The summed E-state index contributed by atoms with van der Waals surface area (Å²) < 4.78 is 29.4. The van der Waals surface area contributed by atoms with Crippen LogP contribution in [0.15, 0.2) is 83.8 Å². The predicted molar refractivity (Wildman–Crippen MR) is 131 cm³/mol. The maximum Gasteiger partial charge on any atom is 0.268 e. The number of likely N-dealkylation sites (N-methyl/N-ethyl adjacent to an activating group) is 1. The van der Waals surface area contributed by atoms with E-state index in [1.165, 1.54) is 3.97 Å². The smallest absolute Gasteiger partial charge is 0.268 e. The standard InChI is InChI=1S/C27H28N2O3S/c1-28-16-8-11-21(28)18-24-25-19-22(30)14-15-26(25)29(27(24)17-20-9-4-2-5-10-20)33(31,32)23-12-6-3-7-13-23/h2-7,9-10,12-15,19,21,30H,8,11,16-18H2,1H3. The summed E-state index contributed by atoms with van der Waals surface area (Å²) in [5.41, 5.74) is 3.43. The fourth-order valence-corrected chi connectivity index (χ4v) is 6.60. The van der Waals surface area contributed by atoms with Crippen molar-refractivity contribution >= 4 is 20.9 Å². The Morgan fingerprint density at radius 1 is 0.970 bits per heavy atom. The molecule has 1 atom stereocenters. The number of rotatable bonds is 6. The second-order valence-electron chi connectivity index (χ2n) is 8.85. The third kappa shape index (κ3) is 4.05. The van der Waals surface area contributed by atoms with E-state index in [4.69, 9.17) is 0 Å². The van der Waals surface area contributed by atoms with Crippen molar-refractivity contribution in [3.63, 3.8) is 0 Å². The molecule has 0 saturated carbocycles. The van der Waals surface area contributed by atoms with Crippen LogP contribution >= 0.6 is 0 Å². The van der Waals surface area contributed by atoms with Gasteiger partial charge in [0, 0.05) is 23.5 Å². The first-order valence-corrected chi connectivity index (χ1v) is 12.8. The Morgan fingerprint density at radius 2 is 1.67 bits per heavy atom. The average molecular weight is 461 g/mol. The lowest BCUT2D eigenvalue weighted by atomic mass is 9.98. The molecule has 1 aliphatic rings. The number of nitrogens with zero attached hydrogens (tertiary/aromatic N) is 2. The van der Waals surface area contributed by atoms with Gasteiger partial charge in [0.05, 0.1) is 10.4 Å². The number of aromatic nitrogens is 1. The molecule has 5 rings (SSSR count). The molecule has 0 radical (unpaired) electrons. The largest absolute Gasteiger partial charge is 0.508 e. The molecule has 4 aromatic rings. The van der Waals surface area contributed by atoms with Gasteiger partial charge in [-0.05, 0) is 74.3 Å². The van der Waals surface area contributed by atoms with Crippen molar-refractivity contribution in [2.45, 2.75) is 36.6 Å². The van der Waals surface area contributed by atoms with Gasteiger partial charge in [0.15, 0.2) is 0 Å². The van der Waals surface area contributed by atoms with Crippen molar-refractivity contribution in [1.29, 1.82) is 0 Å². The highest BCUT2D eigenvalue weighted by Crippen LogP contribution is 2.36. The van der Waals surface area contributed by atoms with E-state index < -0.39 is 10.0 Å². The summed E-state index contributed by atoms with van der Waals surface area (Å²) in [4.78, 5) is 2.61. The molecule has 1 unspecified atom stereocenters. The van der Waals surface area contributed by atoms with Crippen molar-refractivity contribution in [2.75, 3.05) is 13.6 Å². The summed E-state index contributed by atoms with van der Waals surface area (Å²) in [7, 11) is -1.70. The van der Waals surface area contributed by atoms with Gasteiger partial charge in [0.1, 0.15) is 5.75 Å². The summed E-state index contributed by atoms with van der Waals surface area (Å²) in [6, 6.07) is 23.9. The van der Waals surface area contributed by atoms with Gasteiger partial charge in [-0.2, -0.15) is 0 Å². The van der Waals surface area contributed by atoms with Gasteiger partial charge in [-0.1, -0.05) is 48.5 Å². The van der Waals surface area contributed by atoms with Crippen LogP contribution in [0.4, 0.5) is 0 Å². The maximum atomic E-state index is 13.9. The monoisotopic (exact) mass is 460 g/mol. The Hall–Kier alpha value is -3.09. The Balaban J connectivity index is 1.78. The minimum Gasteiger partial charge on any atom is -0.508 e. The van der Waals surface area contributed by atoms with Crippen LogP contribution in [0.3, 0.4) is 0 Å². The molecule has 0 bridgehead atoms. The zero-order valence-corrected chi connectivity index (χ0v) is 19.5. The van der Waals surface area contributed by atoms with E-state index in [1.54, 1.807) is 42.5 Å². The highest BCUT2D eigenvalue weighted by molar-refractivity contribution is 7.90. The first kappa shape index (κ1) is 21.7. The lowest BCUT2D eigenvalue weighted by Gasteiger charge is -2.20. The predicted octanol–water partition coefficient (Wildman–Crippen LogP) is 4.81. The molecular weight excluding hydrogens is 432 g/mol. The van der Waals surface area contributed by atoms with Crippen LogP contribution in [-0.2, 0) is 22.9 Å². The van der Waals surface area contributed by atoms with Gasteiger partial charge in [-0.15, -0.1) is 0 Å². The van der Waals surface area contributed by atoms with Crippen LogP contribution < -0.4 is 0 Å². The zero-order chi connectivity index (χ0) is 23.0. The molecule has 5 nitrogen and oxygen atoms in total. The summed E-state index contributed by atoms with van der Waals surface area (Å²) in [5, 5.41) is 11.1. The van der Waals surface area contributed by atoms with E-state index >= 15 is 0 Å². The summed E-state index contributed by atoms with van der Waals surface area (Å²) >= 11 is 0. The lowest BCUT2D eigenvalue weighted by molar-refractivity contribution is 0.309. The van der Waals surface area contributed by atoms with Gasteiger partial charge in [-0.3, -0.25) is 0 Å². The Bertz CT molecular complexity index is 1380. The number of hydrogen-bond donors (Lipinski definition) is 1. The minimum atomic E-state index is -3.83. The molecule has 3 aromatic carbocycles. The maximum absolute atomic E-state index is 13.9. The first-order valence-electron chi connectivity index (χ1n) is 11.3. The van der Waals surface area contributed by atoms with Gasteiger partial charge >= 0.3 is 0 Å². The highest BCUT2D eigenvalue weighted by Gasteiger charge is 2.30. The SMILES string of the molecule is CN1CCCC1Cc1c(Cc2ccccc2)n(S(=O)(=O)c2ccccc2)c2ccc(O)cc12. The van der Waals surface area contributed by atoms with E-state index in [0.29, 0.717) is 18.0 Å².